The molecule has 0 aliphatic rings. The maximum atomic E-state index is 8.54. The quantitative estimate of drug-likeness (QED) is 0.656. The lowest BCUT2D eigenvalue weighted by molar-refractivity contribution is 0.0786. The van der Waals surface area contributed by atoms with Crippen LogP contribution in [0.4, 0.5) is 0 Å². The number of nitrogens with zero attached hydrogens (tertiary/aromatic N) is 2. The zero-order valence-corrected chi connectivity index (χ0v) is 9.80. The van der Waals surface area contributed by atoms with E-state index in [-0.39, 0.29) is 6.61 Å². The molecule has 0 aromatic carbocycles. The van der Waals surface area contributed by atoms with Gasteiger partial charge in [0.1, 0.15) is 0 Å². The summed E-state index contributed by atoms with van der Waals surface area (Å²) in [4.78, 5) is 6.47. The van der Waals surface area contributed by atoms with Gasteiger partial charge in [0.2, 0.25) is 0 Å². The first-order valence-corrected chi connectivity index (χ1v) is 5.60. The van der Waals surface area contributed by atoms with Crippen LogP contribution in [0.1, 0.15) is 5.69 Å². The highest BCUT2D eigenvalue weighted by atomic mass is 16.5. The van der Waals surface area contributed by atoms with E-state index in [0.717, 1.165) is 25.2 Å². The fourth-order valence-corrected chi connectivity index (χ4v) is 1.35. The van der Waals surface area contributed by atoms with Crippen molar-refractivity contribution >= 4 is 0 Å². The highest BCUT2D eigenvalue weighted by molar-refractivity contribution is 5.03. The molecule has 1 heterocycles. The summed E-state index contributed by atoms with van der Waals surface area (Å²) in [5, 5.41) is 8.54. The Morgan fingerprint density at radius 3 is 2.88 bits per heavy atom. The van der Waals surface area contributed by atoms with Crippen molar-refractivity contribution in [3.63, 3.8) is 0 Å². The summed E-state index contributed by atoms with van der Waals surface area (Å²) in [7, 11) is 2.06. The molecule has 0 unspecified atom stereocenters. The van der Waals surface area contributed by atoms with Crippen LogP contribution in [0.15, 0.2) is 24.4 Å². The summed E-state index contributed by atoms with van der Waals surface area (Å²) in [5.41, 5.74) is 1.12. The van der Waals surface area contributed by atoms with Gasteiger partial charge in [-0.25, -0.2) is 0 Å². The minimum Gasteiger partial charge on any atom is -0.394 e. The summed E-state index contributed by atoms with van der Waals surface area (Å²) in [6.07, 6.45) is 2.77. The normalized spacial score (nSPS) is 10.9. The van der Waals surface area contributed by atoms with Crippen LogP contribution in [-0.2, 0) is 11.2 Å². The van der Waals surface area contributed by atoms with Crippen molar-refractivity contribution in [3.05, 3.63) is 30.1 Å². The van der Waals surface area contributed by atoms with Gasteiger partial charge in [-0.3, -0.25) is 4.98 Å². The number of hydrogen-bond donors (Lipinski definition) is 1. The third kappa shape index (κ3) is 5.80. The van der Waals surface area contributed by atoms with E-state index in [0.29, 0.717) is 13.2 Å². The SMILES string of the molecule is CN(CCOCCO)CCc1ccccn1. The number of ether oxygens (including phenoxy) is 1. The topological polar surface area (TPSA) is 45.6 Å². The molecule has 0 spiro atoms. The largest absolute Gasteiger partial charge is 0.394 e. The number of aliphatic hydroxyl groups is 1. The zero-order chi connectivity index (χ0) is 11.6. The van der Waals surface area contributed by atoms with Crippen LogP contribution in [0.25, 0.3) is 0 Å². The van der Waals surface area contributed by atoms with E-state index in [9.17, 15) is 0 Å². The minimum atomic E-state index is 0.0949. The summed E-state index contributed by atoms with van der Waals surface area (Å²) >= 11 is 0. The maximum absolute atomic E-state index is 8.54. The average Bonchev–Trinajstić information content (AvgIpc) is 2.33. The van der Waals surface area contributed by atoms with Crippen molar-refractivity contribution in [2.45, 2.75) is 6.42 Å². The molecule has 0 bridgehead atoms. The van der Waals surface area contributed by atoms with Crippen LogP contribution >= 0.6 is 0 Å². The molecule has 0 saturated carbocycles. The molecule has 0 saturated heterocycles. The first kappa shape index (κ1) is 13.1. The van der Waals surface area contributed by atoms with Crippen LogP contribution in [0.5, 0.6) is 0 Å². The highest BCUT2D eigenvalue weighted by Crippen LogP contribution is 1.96. The van der Waals surface area contributed by atoms with E-state index in [2.05, 4.69) is 16.9 Å². The van der Waals surface area contributed by atoms with Gasteiger partial charge in [0, 0.05) is 31.4 Å². The van der Waals surface area contributed by atoms with Gasteiger partial charge >= 0.3 is 0 Å². The lowest BCUT2D eigenvalue weighted by Gasteiger charge is -2.15. The molecule has 0 radical (unpaired) electrons. The third-order valence-corrected chi connectivity index (χ3v) is 2.33. The second-order valence-corrected chi connectivity index (χ2v) is 3.71. The monoisotopic (exact) mass is 224 g/mol. The molecule has 16 heavy (non-hydrogen) atoms. The number of aliphatic hydroxyl groups excluding tert-OH is 1. The molecule has 1 N–H and O–H groups in total. The molecule has 90 valence electrons. The molecule has 1 aromatic heterocycles. The average molecular weight is 224 g/mol. The van der Waals surface area contributed by atoms with Gasteiger partial charge < -0.3 is 14.7 Å². The molecule has 0 aliphatic heterocycles. The number of pyridine rings is 1. The summed E-state index contributed by atoms with van der Waals surface area (Å²) < 4.78 is 5.20. The third-order valence-electron chi connectivity index (χ3n) is 2.33. The van der Waals surface area contributed by atoms with Gasteiger partial charge in [0.05, 0.1) is 19.8 Å². The van der Waals surface area contributed by atoms with Crippen molar-refractivity contribution in [1.82, 2.24) is 9.88 Å². The summed E-state index contributed by atoms with van der Waals surface area (Å²) in [5.74, 6) is 0. The number of rotatable bonds is 8. The van der Waals surface area contributed by atoms with E-state index >= 15 is 0 Å². The van der Waals surface area contributed by atoms with Gasteiger partial charge in [-0.2, -0.15) is 0 Å². The standard InChI is InChI=1S/C12H20N2O2/c1-14(8-10-16-11-9-15)7-5-12-4-2-3-6-13-12/h2-4,6,15H,5,7-11H2,1H3. The van der Waals surface area contributed by atoms with E-state index in [4.69, 9.17) is 9.84 Å². The number of likely N-dealkylation sites (N-methyl/N-ethyl adjacent to an activating group) is 1. The molecule has 1 aromatic rings. The Bertz CT molecular complexity index is 267. The predicted molar refractivity (Wildman–Crippen MR) is 63.3 cm³/mol. The van der Waals surface area contributed by atoms with Crippen LogP contribution in [-0.4, -0.2) is 54.9 Å². The van der Waals surface area contributed by atoms with Gasteiger partial charge in [-0.15, -0.1) is 0 Å². The van der Waals surface area contributed by atoms with E-state index in [1.54, 1.807) is 0 Å². The molecule has 0 atom stereocenters. The Balaban J connectivity index is 2.08. The second kappa shape index (κ2) is 8.21. The Kier molecular flexibility index (Phi) is 6.72. The maximum Gasteiger partial charge on any atom is 0.0698 e. The summed E-state index contributed by atoms with van der Waals surface area (Å²) in [6, 6.07) is 5.97. The van der Waals surface area contributed by atoms with Crippen molar-refractivity contribution in [3.8, 4) is 0 Å². The fourth-order valence-electron chi connectivity index (χ4n) is 1.35. The molecule has 0 amide bonds. The van der Waals surface area contributed by atoms with Crippen molar-refractivity contribution < 1.29 is 9.84 Å². The van der Waals surface area contributed by atoms with E-state index in [1.165, 1.54) is 0 Å². The Morgan fingerprint density at radius 2 is 2.19 bits per heavy atom. The molecule has 0 fully saturated rings. The fraction of sp³-hybridized carbons (Fsp3) is 0.583. The molecule has 0 aliphatic carbocycles. The molecule has 4 nitrogen and oxygen atoms in total. The Hall–Kier alpha value is -0.970. The van der Waals surface area contributed by atoms with Crippen molar-refractivity contribution in [2.75, 3.05) is 40.0 Å². The lowest BCUT2D eigenvalue weighted by atomic mass is 10.2. The second-order valence-electron chi connectivity index (χ2n) is 3.71. The van der Waals surface area contributed by atoms with Gasteiger partial charge in [0.25, 0.3) is 0 Å². The van der Waals surface area contributed by atoms with E-state index in [1.807, 2.05) is 24.4 Å². The Morgan fingerprint density at radius 1 is 1.31 bits per heavy atom. The van der Waals surface area contributed by atoms with Gasteiger partial charge in [-0.1, -0.05) is 6.07 Å². The van der Waals surface area contributed by atoms with Crippen molar-refractivity contribution in [2.24, 2.45) is 0 Å². The molecule has 1 rings (SSSR count). The molecular formula is C12H20N2O2. The number of hydrogen-bond acceptors (Lipinski definition) is 4. The van der Waals surface area contributed by atoms with Crippen molar-refractivity contribution in [1.29, 1.82) is 0 Å². The van der Waals surface area contributed by atoms with Gasteiger partial charge in [-0.05, 0) is 19.2 Å². The first-order valence-electron chi connectivity index (χ1n) is 5.60. The predicted octanol–water partition coefficient (Wildman–Crippen LogP) is 0.565. The molecular weight excluding hydrogens is 204 g/mol. The lowest BCUT2D eigenvalue weighted by Crippen LogP contribution is -2.26. The number of aromatic nitrogens is 1. The minimum absolute atomic E-state index is 0.0949. The van der Waals surface area contributed by atoms with Crippen LogP contribution in [0.2, 0.25) is 0 Å². The zero-order valence-electron chi connectivity index (χ0n) is 9.80. The highest BCUT2D eigenvalue weighted by Gasteiger charge is 1.99. The van der Waals surface area contributed by atoms with Crippen LogP contribution in [0, 0.1) is 0 Å². The smallest absolute Gasteiger partial charge is 0.0698 e. The molecule has 4 heteroatoms. The first-order chi connectivity index (χ1) is 7.83. The summed E-state index contributed by atoms with van der Waals surface area (Å²) in [6.45, 7) is 3.04. The van der Waals surface area contributed by atoms with E-state index < -0.39 is 0 Å². The Labute approximate surface area is 96.9 Å². The van der Waals surface area contributed by atoms with Gasteiger partial charge in [0.15, 0.2) is 0 Å². The van der Waals surface area contributed by atoms with Crippen LogP contribution < -0.4 is 0 Å². The van der Waals surface area contributed by atoms with Crippen LogP contribution in [0.3, 0.4) is 0 Å².